The van der Waals surface area contributed by atoms with Gasteiger partial charge in [-0.3, -0.25) is 14.6 Å². The van der Waals surface area contributed by atoms with Crippen LogP contribution in [0, 0.1) is 6.92 Å². The lowest BCUT2D eigenvalue weighted by molar-refractivity contribution is 0.0697. The van der Waals surface area contributed by atoms with Crippen LogP contribution < -0.4 is 10.0 Å². The number of aryl methyl sites for hydroxylation is 1. The van der Waals surface area contributed by atoms with Gasteiger partial charge in [0.25, 0.3) is 15.9 Å². The highest BCUT2D eigenvalue weighted by Crippen LogP contribution is 2.25. The van der Waals surface area contributed by atoms with E-state index in [-0.39, 0.29) is 33.4 Å². The zero-order valence-electron chi connectivity index (χ0n) is 17.8. The van der Waals surface area contributed by atoms with Gasteiger partial charge in [0.05, 0.1) is 21.7 Å². The fourth-order valence-electron chi connectivity index (χ4n) is 3.36. The molecule has 4 rings (SSSR count). The van der Waals surface area contributed by atoms with Crippen LogP contribution in [0.1, 0.15) is 32.0 Å². The molecule has 4 N–H and O–H groups in total. The first kappa shape index (κ1) is 23.3. The molecule has 1 amide bonds. The van der Waals surface area contributed by atoms with Crippen molar-refractivity contribution in [3.63, 3.8) is 0 Å². The van der Waals surface area contributed by atoms with Gasteiger partial charge in [-0.2, -0.15) is 5.10 Å². The molecule has 1 heterocycles. The Hall–Kier alpha value is -3.89. The van der Waals surface area contributed by atoms with E-state index in [0.29, 0.717) is 16.5 Å². The van der Waals surface area contributed by atoms with Gasteiger partial charge in [-0.1, -0.05) is 47.5 Å². The molecule has 0 atom stereocenters. The smallest absolute Gasteiger partial charge is 0.337 e. The number of aromatic amines is 1. The first-order valence-corrected chi connectivity index (χ1v) is 11.9. The van der Waals surface area contributed by atoms with Crippen LogP contribution in [-0.2, 0) is 16.6 Å². The number of rotatable bonds is 7. The summed E-state index contributed by atoms with van der Waals surface area (Å²) in [5.41, 5.74) is 1.92. The van der Waals surface area contributed by atoms with E-state index in [1.165, 1.54) is 30.3 Å². The number of benzene rings is 3. The van der Waals surface area contributed by atoms with Crippen LogP contribution in [0.3, 0.4) is 0 Å². The number of carbonyl (C=O) groups excluding carboxylic acids is 1. The third-order valence-electron chi connectivity index (χ3n) is 5.11. The molecule has 0 fully saturated rings. The highest BCUT2D eigenvalue weighted by molar-refractivity contribution is 7.92. The molecule has 3 aromatic carbocycles. The van der Waals surface area contributed by atoms with E-state index in [9.17, 15) is 23.1 Å². The number of carboxylic acids is 1. The second kappa shape index (κ2) is 9.16. The van der Waals surface area contributed by atoms with Gasteiger partial charge in [0, 0.05) is 17.0 Å². The summed E-state index contributed by atoms with van der Waals surface area (Å²) in [6, 6.07) is 15.6. The number of carbonyl (C=O) groups is 2. The molecule has 34 heavy (non-hydrogen) atoms. The molecule has 1 aromatic heterocycles. The lowest BCUT2D eigenvalue weighted by atomic mass is 10.1. The maximum atomic E-state index is 12.8. The number of amides is 1. The fourth-order valence-corrected chi connectivity index (χ4v) is 4.78. The molecule has 11 heteroatoms. The first-order valence-electron chi connectivity index (χ1n) is 10.0. The normalized spacial score (nSPS) is 11.4. The number of fused-ring (bicyclic) bond motifs is 1. The Bertz CT molecular complexity index is 1530. The average molecular weight is 499 g/mol. The van der Waals surface area contributed by atoms with Crippen molar-refractivity contribution in [2.45, 2.75) is 18.4 Å². The van der Waals surface area contributed by atoms with E-state index in [2.05, 4.69) is 20.2 Å². The van der Waals surface area contributed by atoms with Crippen LogP contribution in [0.25, 0.3) is 10.9 Å². The monoisotopic (exact) mass is 498 g/mol. The molecule has 0 aliphatic heterocycles. The molecule has 0 unspecified atom stereocenters. The van der Waals surface area contributed by atoms with E-state index in [4.69, 9.17) is 11.6 Å². The Balaban J connectivity index is 1.50. The zero-order valence-corrected chi connectivity index (χ0v) is 19.4. The number of H-pyrrole nitrogens is 1. The molecular weight excluding hydrogens is 480 g/mol. The van der Waals surface area contributed by atoms with Gasteiger partial charge in [0.15, 0.2) is 5.69 Å². The third-order valence-corrected chi connectivity index (χ3v) is 6.82. The predicted molar refractivity (Wildman–Crippen MR) is 128 cm³/mol. The van der Waals surface area contributed by atoms with E-state index < -0.39 is 21.9 Å². The van der Waals surface area contributed by atoms with Crippen LogP contribution in [0.4, 0.5) is 5.69 Å². The summed E-state index contributed by atoms with van der Waals surface area (Å²) in [7, 11) is -4.11. The van der Waals surface area contributed by atoms with Crippen molar-refractivity contribution in [2.24, 2.45) is 0 Å². The number of nitrogens with one attached hydrogen (secondary N) is 3. The Kier molecular flexibility index (Phi) is 6.27. The molecule has 9 nitrogen and oxygen atoms in total. The fraction of sp³-hybridized carbons (Fsp3) is 0.0870. The number of halogens is 1. The van der Waals surface area contributed by atoms with Crippen LogP contribution in [0.2, 0.25) is 5.02 Å². The van der Waals surface area contributed by atoms with E-state index in [0.717, 1.165) is 5.52 Å². The molecule has 0 spiro atoms. The summed E-state index contributed by atoms with van der Waals surface area (Å²) < 4.78 is 27.9. The third kappa shape index (κ3) is 4.73. The van der Waals surface area contributed by atoms with Crippen LogP contribution in [0.5, 0.6) is 0 Å². The lowest BCUT2D eigenvalue weighted by Crippen LogP contribution is -2.23. The second-order valence-electron chi connectivity index (χ2n) is 7.51. The van der Waals surface area contributed by atoms with Crippen molar-refractivity contribution >= 4 is 50.1 Å². The van der Waals surface area contributed by atoms with Gasteiger partial charge in [-0.15, -0.1) is 0 Å². The number of hydrogen-bond donors (Lipinski definition) is 4. The summed E-state index contributed by atoms with van der Waals surface area (Å²) in [4.78, 5) is 23.9. The Labute approximate surface area is 199 Å². The van der Waals surface area contributed by atoms with Crippen molar-refractivity contribution in [3.05, 3.63) is 88.1 Å². The van der Waals surface area contributed by atoms with Crippen molar-refractivity contribution < 1.29 is 23.1 Å². The summed E-state index contributed by atoms with van der Waals surface area (Å²) in [5, 5.41) is 19.7. The van der Waals surface area contributed by atoms with E-state index in [1.54, 1.807) is 31.2 Å². The Morgan fingerprint density at radius 2 is 1.85 bits per heavy atom. The maximum Gasteiger partial charge on any atom is 0.337 e. The Morgan fingerprint density at radius 3 is 2.59 bits per heavy atom. The average Bonchev–Trinajstić information content (AvgIpc) is 3.23. The minimum absolute atomic E-state index is 0.0493. The zero-order chi connectivity index (χ0) is 24.5. The summed E-state index contributed by atoms with van der Waals surface area (Å²) in [6.07, 6.45) is 0. The highest BCUT2D eigenvalue weighted by atomic mass is 35.5. The number of nitrogens with zero attached hydrogens (tertiary/aromatic N) is 1. The van der Waals surface area contributed by atoms with Crippen molar-refractivity contribution in [3.8, 4) is 0 Å². The standard InChI is InChI=1S/C23H19ClN4O5S/c1-13-6-9-20(17(10-13)23(30)31)28-34(32,33)15-8-7-14(18(24)11-15)12-25-22(29)21-16-4-2-3-5-19(16)26-27-21/h2-11,28H,12H2,1H3,(H,25,29)(H,26,27)(H,30,31). The van der Waals surface area contributed by atoms with Crippen LogP contribution in [-0.4, -0.2) is 35.6 Å². The number of aromatic carboxylic acids is 1. The quantitative estimate of drug-likeness (QED) is 0.304. The minimum Gasteiger partial charge on any atom is -0.478 e. The number of sulfonamides is 1. The highest BCUT2D eigenvalue weighted by Gasteiger charge is 2.20. The van der Waals surface area contributed by atoms with Gasteiger partial charge >= 0.3 is 5.97 Å². The molecular formula is C23H19ClN4O5S. The molecule has 0 saturated heterocycles. The van der Waals surface area contributed by atoms with Crippen LogP contribution >= 0.6 is 11.6 Å². The number of anilines is 1. The van der Waals surface area contributed by atoms with Gasteiger partial charge in [0.1, 0.15) is 0 Å². The minimum atomic E-state index is -4.11. The molecule has 0 saturated carbocycles. The largest absolute Gasteiger partial charge is 0.478 e. The molecule has 0 aliphatic rings. The second-order valence-corrected chi connectivity index (χ2v) is 9.60. The van der Waals surface area contributed by atoms with E-state index >= 15 is 0 Å². The van der Waals surface area contributed by atoms with Crippen molar-refractivity contribution in [1.82, 2.24) is 15.5 Å². The Morgan fingerprint density at radius 1 is 1.09 bits per heavy atom. The SMILES string of the molecule is Cc1ccc(NS(=O)(=O)c2ccc(CNC(=O)c3n[nH]c4ccccc34)c(Cl)c2)c(C(=O)O)c1. The summed E-state index contributed by atoms with van der Waals surface area (Å²) in [5.74, 6) is -1.66. The number of para-hydroxylation sites is 1. The summed E-state index contributed by atoms with van der Waals surface area (Å²) in [6.45, 7) is 1.75. The number of aromatic nitrogens is 2. The van der Waals surface area contributed by atoms with Gasteiger partial charge in [-0.25, -0.2) is 13.2 Å². The van der Waals surface area contributed by atoms with Crippen molar-refractivity contribution in [2.75, 3.05) is 4.72 Å². The number of hydrogen-bond acceptors (Lipinski definition) is 5. The van der Waals surface area contributed by atoms with Gasteiger partial charge in [0.2, 0.25) is 0 Å². The predicted octanol–water partition coefficient (Wildman–Crippen LogP) is 3.95. The van der Waals surface area contributed by atoms with Gasteiger partial charge in [-0.05, 0) is 42.8 Å². The van der Waals surface area contributed by atoms with Crippen LogP contribution in [0.15, 0.2) is 65.6 Å². The first-order chi connectivity index (χ1) is 16.2. The number of carboxylic acid groups (broad SMARTS) is 1. The maximum absolute atomic E-state index is 12.8. The molecule has 0 radical (unpaired) electrons. The molecule has 174 valence electrons. The van der Waals surface area contributed by atoms with E-state index in [1.807, 2.05) is 6.07 Å². The summed E-state index contributed by atoms with van der Waals surface area (Å²) >= 11 is 6.28. The molecule has 0 bridgehead atoms. The lowest BCUT2D eigenvalue weighted by Gasteiger charge is -2.13. The van der Waals surface area contributed by atoms with Crippen molar-refractivity contribution in [1.29, 1.82) is 0 Å². The van der Waals surface area contributed by atoms with Gasteiger partial charge < -0.3 is 10.4 Å². The molecule has 0 aliphatic carbocycles. The molecule has 4 aromatic rings. The topological polar surface area (TPSA) is 141 Å².